The van der Waals surface area contributed by atoms with Gasteiger partial charge in [0.1, 0.15) is 24.1 Å². The summed E-state index contributed by atoms with van der Waals surface area (Å²) in [5.74, 6) is 0.560. The van der Waals surface area contributed by atoms with Crippen molar-refractivity contribution in [2.45, 2.75) is 45.8 Å². The molecule has 0 aliphatic heterocycles. The van der Waals surface area contributed by atoms with Crippen molar-refractivity contribution in [3.8, 4) is 5.75 Å². The summed E-state index contributed by atoms with van der Waals surface area (Å²) in [6.07, 6.45) is -1.43. The van der Waals surface area contributed by atoms with Gasteiger partial charge in [-0.15, -0.1) is 0 Å². The first-order valence-electron chi connectivity index (χ1n) is 11.4. The van der Waals surface area contributed by atoms with Crippen molar-refractivity contribution in [3.63, 3.8) is 0 Å². The molecule has 0 aliphatic rings. The number of likely N-dealkylation sites (N-methyl/N-ethyl adjacent to an activating group) is 1. The molecule has 0 unspecified atom stereocenters. The summed E-state index contributed by atoms with van der Waals surface area (Å²) in [5.41, 5.74) is 4.88. The van der Waals surface area contributed by atoms with Crippen LogP contribution < -0.4 is 10.5 Å². The van der Waals surface area contributed by atoms with Crippen LogP contribution in [0, 0.1) is 0 Å². The summed E-state index contributed by atoms with van der Waals surface area (Å²) in [4.78, 5) is 28.2. The van der Waals surface area contributed by atoms with Gasteiger partial charge >= 0.3 is 6.09 Å². The number of carbonyl (C=O) groups is 2. The molecule has 8 nitrogen and oxygen atoms in total. The molecule has 0 saturated heterocycles. The van der Waals surface area contributed by atoms with Gasteiger partial charge in [0, 0.05) is 38.0 Å². The standard InChI is InChI=1S/C25H37N3O5/c1-5-27(16-14-26)23(30)13-15-28(24(31)33-25(2,3)4)17-20(29)18-32-22-12-8-10-19-9-6-7-11-21(19)22/h6-12,20,29H,5,13-18,26H2,1-4H3/t20-/m0/s1. The number of nitrogens with zero attached hydrogens (tertiary/aromatic N) is 2. The van der Waals surface area contributed by atoms with E-state index in [1.165, 1.54) is 4.90 Å². The molecule has 182 valence electrons. The molecule has 0 saturated carbocycles. The lowest BCUT2D eigenvalue weighted by molar-refractivity contribution is -0.131. The van der Waals surface area contributed by atoms with E-state index in [4.69, 9.17) is 15.2 Å². The van der Waals surface area contributed by atoms with Crippen LogP contribution in [0.15, 0.2) is 42.5 Å². The fraction of sp³-hybridized carbons (Fsp3) is 0.520. The molecule has 0 aromatic heterocycles. The van der Waals surface area contributed by atoms with Crippen molar-refractivity contribution < 1.29 is 24.2 Å². The van der Waals surface area contributed by atoms with E-state index in [1.807, 2.05) is 49.4 Å². The van der Waals surface area contributed by atoms with Gasteiger partial charge in [0.2, 0.25) is 5.91 Å². The number of nitrogens with two attached hydrogens (primary N) is 1. The number of benzene rings is 2. The van der Waals surface area contributed by atoms with Crippen LogP contribution in [0.25, 0.3) is 10.8 Å². The van der Waals surface area contributed by atoms with Crippen LogP contribution in [-0.4, -0.2) is 77.9 Å². The monoisotopic (exact) mass is 459 g/mol. The molecular weight excluding hydrogens is 422 g/mol. The van der Waals surface area contributed by atoms with E-state index in [0.29, 0.717) is 25.4 Å². The van der Waals surface area contributed by atoms with Crippen molar-refractivity contribution >= 4 is 22.8 Å². The second-order valence-electron chi connectivity index (χ2n) is 8.88. The van der Waals surface area contributed by atoms with E-state index in [1.54, 1.807) is 25.7 Å². The minimum Gasteiger partial charge on any atom is -0.490 e. The molecule has 3 N–H and O–H groups in total. The van der Waals surface area contributed by atoms with Crippen molar-refractivity contribution in [2.24, 2.45) is 5.73 Å². The molecule has 2 aromatic rings. The van der Waals surface area contributed by atoms with Crippen molar-refractivity contribution in [2.75, 3.05) is 39.3 Å². The highest BCUT2D eigenvalue weighted by molar-refractivity contribution is 5.88. The van der Waals surface area contributed by atoms with Crippen LogP contribution in [-0.2, 0) is 9.53 Å². The second kappa shape index (κ2) is 12.4. The Hall–Kier alpha value is -2.84. The van der Waals surface area contributed by atoms with Gasteiger partial charge in [-0.25, -0.2) is 4.79 Å². The zero-order valence-electron chi connectivity index (χ0n) is 20.1. The minimum absolute atomic E-state index is 0.00445. The predicted molar refractivity (Wildman–Crippen MR) is 129 cm³/mol. The normalized spacial score (nSPS) is 12.3. The Labute approximate surface area is 196 Å². The highest BCUT2D eigenvalue weighted by Crippen LogP contribution is 2.25. The molecule has 0 bridgehead atoms. The molecule has 8 heteroatoms. The van der Waals surface area contributed by atoms with Gasteiger partial charge in [-0.05, 0) is 39.1 Å². The van der Waals surface area contributed by atoms with Gasteiger partial charge in [-0.1, -0.05) is 36.4 Å². The topological polar surface area (TPSA) is 105 Å². The van der Waals surface area contributed by atoms with E-state index in [-0.39, 0.29) is 32.0 Å². The molecule has 0 radical (unpaired) electrons. The van der Waals surface area contributed by atoms with Crippen LogP contribution in [0.4, 0.5) is 4.79 Å². The molecule has 2 aromatic carbocycles. The highest BCUT2D eigenvalue weighted by atomic mass is 16.6. The van der Waals surface area contributed by atoms with Gasteiger partial charge in [0.05, 0.1) is 6.54 Å². The Morgan fingerprint density at radius 2 is 1.76 bits per heavy atom. The largest absolute Gasteiger partial charge is 0.490 e. The summed E-state index contributed by atoms with van der Waals surface area (Å²) in [6.45, 7) is 8.68. The highest BCUT2D eigenvalue weighted by Gasteiger charge is 2.25. The third kappa shape index (κ3) is 8.55. The van der Waals surface area contributed by atoms with Crippen LogP contribution in [0.2, 0.25) is 0 Å². The average Bonchev–Trinajstić information content (AvgIpc) is 2.77. The Balaban J connectivity index is 2.02. The molecule has 33 heavy (non-hydrogen) atoms. The van der Waals surface area contributed by atoms with E-state index in [9.17, 15) is 14.7 Å². The SMILES string of the molecule is CCN(CCN)C(=O)CCN(C[C@H](O)COc1cccc2ccccc12)C(=O)OC(C)(C)C. The number of hydrogen-bond acceptors (Lipinski definition) is 6. The number of fused-ring (bicyclic) bond motifs is 1. The summed E-state index contributed by atoms with van der Waals surface area (Å²) in [5, 5.41) is 12.6. The number of aliphatic hydroxyl groups is 1. The van der Waals surface area contributed by atoms with Gasteiger partial charge in [0.25, 0.3) is 0 Å². The zero-order valence-corrected chi connectivity index (χ0v) is 20.1. The summed E-state index contributed by atoms with van der Waals surface area (Å²) < 4.78 is 11.3. The third-order valence-corrected chi connectivity index (χ3v) is 4.99. The Morgan fingerprint density at radius 1 is 1.06 bits per heavy atom. The maximum atomic E-state index is 12.7. The number of carbonyl (C=O) groups excluding carboxylic acids is 2. The Morgan fingerprint density at radius 3 is 2.42 bits per heavy atom. The summed E-state index contributed by atoms with van der Waals surface area (Å²) >= 11 is 0. The maximum Gasteiger partial charge on any atom is 0.410 e. The van der Waals surface area contributed by atoms with E-state index in [2.05, 4.69) is 0 Å². The predicted octanol–water partition coefficient (Wildman–Crippen LogP) is 3.01. The van der Waals surface area contributed by atoms with E-state index >= 15 is 0 Å². The lowest BCUT2D eigenvalue weighted by Crippen LogP contribution is -2.44. The smallest absolute Gasteiger partial charge is 0.410 e. The summed E-state index contributed by atoms with van der Waals surface area (Å²) in [6, 6.07) is 13.6. The quantitative estimate of drug-likeness (QED) is 0.535. The fourth-order valence-electron chi connectivity index (χ4n) is 3.40. The Kier molecular flexibility index (Phi) is 9.94. The Bertz CT molecular complexity index is 907. The van der Waals surface area contributed by atoms with Crippen LogP contribution in [0.1, 0.15) is 34.1 Å². The van der Waals surface area contributed by atoms with Crippen LogP contribution >= 0.6 is 0 Å². The number of hydrogen-bond donors (Lipinski definition) is 2. The number of ether oxygens (including phenoxy) is 2. The number of amides is 2. The zero-order chi connectivity index (χ0) is 24.4. The molecular formula is C25H37N3O5. The molecule has 2 rings (SSSR count). The van der Waals surface area contributed by atoms with Crippen LogP contribution in [0.3, 0.4) is 0 Å². The van der Waals surface area contributed by atoms with Gasteiger partial charge in [-0.2, -0.15) is 0 Å². The average molecular weight is 460 g/mol. The first-order chi connectivity index (χ1) is 15.6. The maximum absolute atomic E-state index is 12.7. The minimum atomic E-state index is -0.960. The molecule has 0 spiro atoms. The molecule has 0 heterocycles. The molecule has 0 aliphatic carbocycles. The van der Waals surface area contributed by atoms with E-state index < -0.39 is 17.8 Å². The number of aliphatic hydroxyl groups excluding tert-OH is 1. The van der Waals surface area contributed by atoms with Gasteiger partial charge < -0.3 is 30.1 Å². The molecule has 0 fully saturated rings. The first-order valence-corrected chi connectivity index (χ1v) is 11.4. The van der Waals surface area contributed by atoms with Crippen molar-refractivity contribution in [3.05, 3.63) is 42.5 Å². The van der Waals surface area contributed by atoms with E-state index in [0.717, 1.165) is 10.8 Å². The molecule has 1 atom stereocenters. The van der Waals surface area contributed by atoms with Gasteiger partial charge in [-0.3, -0.25) is 4.79 Å². The number of rotatable bonds is 11. The first kappa shape index (κ1) is 26.4. The third-order valence-electron chi connectivity index (χ3n) is 4.99. The lowest BCUT2D eigenvalue weighted by Gasteiger charge is -2.29. The summed E-state index contributed by atoms with van der Waals surface area (Å²) in [7, 11) is 0. The fourth-order valence-corrected chi connectivity index (χ4v) is 3.40. The van der Waals surface area contributed by atoms with Crippen molar-refractivity contribution in [1.29, 1.82) is 0 Å². The second-order valence-corrected chi connectivity index (χ2v) is 8.88. The van der Waals surface area contributed by atoms with Gasteiger partial charge in [0.15, 0.2) is 0 Å². The van der Waals surface area contributed by atoms with Crippen molar-refractivity contribution in [1.82, 2.24) is 9.80 Å². The molecule has 2 amide bonds. The van der Waals surface area contributed by atoms with Crippen LogP contribution in [0.5, 0.6) is 5.75 Å². The lowest BCUT2D eigenvalue weighted by atomic mass is 10.1.